The van der Waals surface area contributed by atoms with E-state index < -0.39 is 36.7 Å². The Morgan fingerprint density at radius 2 is 1.55 bits per heavy atom. The summed E-state index contributed by atoms with van der Waals surface area (Å²) in [6, 6.07) is 6.08. The summed E-state index contributed by atoms with van der Waals surface area (Å²) in [6.45, 7) is -0.505. The first kappa shape index (κ1) is 18.0. The third-order valence-electron chi connectivity index (χ3n) is 2.28. The molecule has 0 saturated heterocycles. The van der Waals surface area contributed by atoms with Crippen molar-refractivity contribution in [3.8, 4) is 0 Å². The minimum atomic E-state index is -1.28. The second kappa shape index (κ2) is 8.99. The Balaban J connectivity index is 0.000000441. The zero-order valence-corrected chi connectivity index (χ0v) is 10.6. The van der Waals surface area contributed by atoms with Crippen molar-refractivity contribution in [1.29, 1.82) is 0 Å². The number of aliphatic hydroxyl groups is 2. The molecule has 112 valence electrons. The van der Waals surface area contributed by atoms with Gasteiger partial charge < -0.3 is 31.9 Å². The van der Waals surface area contributed by atoms with Gasteiger partial charge in [0.1, 0.15) is 18.2 Å². The fourth-order valence-corrected chi connectivity index (χ4v) is 1.07. The smallest absolute Gasteiger partial charge is 0.323 e. The molecule has 0 heterocycles. The number of aliphatic carboxylic acids is 2. The number of hydrogen-bond donors (Lipinski definition) is 6. The van der Waals surface area contributed by atoms with Crippen molar-refractivity contribution in [2.24, 2.45) is 11.5 Å². The minimum Gasteiger partial charge on any atom is -0.480 e. The van der Waals surface area contributed by atoms with Crippen molar-refractivity contribution in [1.82, 2.24) is 0 Å². The predicted octanol–water partition coefficient (Wildman–Crippen LogP) is -1.48. The number of benzene rings is 1. The molecule has 8 nitrogen and oxygen atoms in total. The first-order chi connectivity index (χ1) is 9.31. The summed E-state index contributed by atoms with van der Waals surface area (Å²) in [5, 5.41) is 33.9. The first-order valence-corrected chi connectivity index (χ1v) is 5.61. The average molecular weight is 286 g/mol. The molecule has 1 aromatic rings. The molecule has 8 heteroatoms. The van der Waals surface area contributed by atoms with E-state index in [-0.39, 0.29) is 0 Å². The number of nitrogens with two attached hydrogens (primary N) is 2. The number of hydrogen-bond acceptors (Lipinski definition) is 6. The molecule has 3 atom stereocenters. The summed E-state index contributed by atoms with van der Waals surface area (Å²) in [6.07, 6.45) is -1.15. The van der Waals surface area contributed by atoms with Crippen molar-refractivity contribution in [3.63, 3.8) is 0 Å². The van der Waals surface area contributed by atoms with Crippen LogP contribution >= 0.6 is 0 Å². The van der Waals surface area contributed by atoms with Gasteiger partial charge in [0.05, 0.1) is 6.61 Å². The summed E-state index contributed by atoms with van der Waals surface area (Å²) < 4.78 is 0. The highest BCUT2D eigenvalue weighted by atomic mass is 16.4. The van der Waals surface area contributed by atoms with Crippen LogP contribution in [-0.4, -0.2) is 51.1 Å². The Kier molecular flexibility index (Phi) is 8.09. The number of rotatable bonds is 5. The Morgan fingerprint density at radius 3 is 1.85 bits per heavy atom. The largest absolute Gasteiger partial charge is 0.480 e. The second-order valence-corrected chi connectivity index (χ2v) is 3.85. The molecule has 8 N–H and O–H groups in total. The van der Waals surface area contributed by atoms with Crippen LogP contribution in [0.1, 0.15) is 11.7 Å². The Labute approximate surface area is 115 Å². The van der Waals surface area contributed by atoms with Gasteiger partial charge in [-0.3, -0.25) is 9.59 Å². The highest BCUT2D eigenvalue weighted by molar-refractivity contribution is 5.74. The van der Waals surface area contributed by atoms with Crippen LogP contribution in [0.2, 0.25) is 0 Å². The summed E-state index contributed by atoms with van der Waals surface area (Å²) in [5.41, 5.74) is 10.5. The SMILES string of the molecule is NC(C(=O)O)C(O)c1ccccc1.NC(CO)C(=O)O. The summed E-state index contributed by atoms with van der Waals surface area (Å²) >= 11 is 0. The lowest BCUT2D eigenvalue weighted by Gasteiger charge is -2.14. The lowest BCUT2D eigenvalue weighted by molar-refractivity contribution is -0.141. The molecule has 0 aliphatic heterocycles. The number of carbonyl (C=O) groups is 2. The maximum Gasteiger partial charge on any atom is 0.323 e. The van der Waals surface area contributed by atoms with Crippen LogP contribution in [0, 0.1) is 0 Å². The van der Waals surface area contributed by atoms with E-state index in [0.717, 1.165) is 0 Å². The average Bonchev–Trinajstić information content (AvgIpc) is 2.46. The molecule has 0 amide bonds. The van der Waals surface area contributed by atoms with E-state index >= 15 is 0 Å². The number of carboxylic acid groups (broad SMARTS) is 2. The molecule has 0 bridgehead atoms. The molecular weight excluding hydrogens is 268 g/mol. The van der Waals surface area contributed by atoms with Gasteiger partial charge in [0.25, 0.3) is 0 Å². The first-order valence-electron chi connectivity index (χ1n) is 5.61. The summed E-state index contributed by atoms with van der Waals surface area (Å²) in [7, 11) is 0. The van der Waals surface area contributed by atoms with Crippen molar-refractivity contribution in [3.05, 3.63) is 35.9 Å². The van der Waals surface area contributed by atoms with Crippen LogP contribution in [0.4, 0.5) is 0 Å². The van der Waals surface area contributed by atoms with Gasteiger partial charge in [-0.15, -0.1) is 0 Å². The van der Waals surface area contributed by atoms with Crippen molar-refractivity contribution < 1.29 is 30.0 Å². The molecule has 0 fully saturated rings. The van der Waals surface area contributed by atoms with E-state index in [1.54, 1.807) is 30.3 Å². The molecule has 0 aliphatic rings. The van der Waals surface area contributed by atoms with Crippen LogP contribution in [0.3, 0.4) is 0 Å². The monoisotopic (exact) mass is 286 g/mol. The van der Waals surface area contributed by atoms with Crippen LogP contribution < -0.4 is 11.5 Å². The highest BCUT2D eigenvalue weighted by Crippen LogP contribution is 2.14. The maximum atomic E-state index is 10.4. The molecule has 0 spiro atoms. The minimum absolute atomic E-state index is 0.505. The van der Waals surface area contributed by atoms with Gasteiger partial charge in [-0.05, 0) is 5.56 Å². The predicted molar refractivity (Wildman–Crippen MR) is 69.7 cm³/mol. The highest BCUT2D eigenvalue weighted by Gasteiger charge is 2.22. The van der Waals surface area contributed by atoms with Gasteiger partial charge >= 0.3 is 11.9 Å². The van der Waals surface area contributed by atoms with Gasteiger partial charge in [0.2, 0.25) is 0 Å². The topological polar surface area (TPSA) is 167 Å². The molecule has 1 rings (SSSR count). The lowest BCUT2D eigenvalue weighted by Crippen LogP contribution is -2.36. The van der Waals surface area contributed by atoms with Gasteiger partial charge in [0.15, 0.2) is 0 Å². The lowest BCUT2D eigenvalue weighted by atomic mass is 10.0. The summed E-state index contributed by atoms with van der Waals surface area (Å²) in [5.74, 6) is -2.39. The standard InChI is InChI=1S/C9H11NO3.C3H7NO3/c10-7(9(12)13)8(11)6-4-2-1-3-5-6;4-2(1-5)3(6)7/h1-5,7-8,11H,10H2,(H,12,13);2,5H,1,4H2,(H,6,7). The third kappa shape index (κ3) is 6.25. The van der Waals surface area contributed by atoms with Crippen LogP contribution in [0.5, 0.6) is 0 Å². The quantitative estimate of drug-likeness (QED) is 0.381. The molecule has 1 aromatic carbocycles. The molecule has 0 saturated carbocycles. The molecule has 0 aliphatic carbocycles. The molecular formula is C12H18N2O6. The summed E-state index contributed by atoms with van der Waals surface area (Å²) in [4.78, 5) is 20.1. The zero-order valence-electron chi connectivity index (χ0n) is 10.6. The normalized spacial score (nSPS) is 14.4. The van der Waals surface area contributed by atoms with E-state index in [1.165, 1.54) is 0 Å². The van der Waals surface area contributed by atoms with E-state index in [0.29, 0.717) is 5.56 Å². The fourth-order valence-electron chi connectivity index (χ4n) is 1.07. The maximum absolute atomic E-state index is 10.4. The van der Waals surface area contributed by atoms with Gasteiger partial charge in [-0.2, -0.15) is 0 Å². The number of carboxylic acids is 2. The van der Waals surface area contributed by atoms with E-state index in [9.17, 15) is 14.7 Å². The molecule has 0 radical (unpaired) electrons. The Hall–Kier alpha value is -2.00. The van der Waals surface area contributed by atoms with E-state index in [1.807, 2.05) is 0 Å². The molecule has 3 unspecified atom stereocenters. The van der Waals surface area contributed by atoms with Crippen molar-refractivity contribution in [2.45, 2.75) is 18.2 Å². The van der Waals surface area contributed by atoms with Gasteiger partial charge in [0, 0.05) is 0 Å². The molecule has 20 heavy (non-hydrogen) atoms. The van der Waals surface area contributed by atoms with Crippen molar-refractivity contribution in [2.75, 3.05) is 6.61 Å². The van der Waals surface area contributed by atoms with Gasteiger partial charge in [-0.1, -0.05) is 30.3 Å². The fraction of sp³-hybridized carbons (Fsp3) is 0.333. The van der Waals surface area contributed by atoms with Crippen LogP contribution in [0.15, 0.2) is 30.3 Å². The van der Waals surface area contributed by atoms with E-state index in [4.69, 9.17) is 26.8 Å². The zero-order chi connectivity index (χ0) is 15.7. The Morgan fingerprint density at radius 1 is 1.05 bits per heavy atom. The third-order valence-corrected chi connectivity index (χ3v) is 2.28. The van der Waals surface area contributed by atoms with Crippen LogP contribution in [-0.2, 0) is 9.59 Å². The van der Waals surface area contributed by atoms with Crippen LogP contribution in [0.25, 0.3) is 0 Å². The van der Waals surface area contributed by atoms with Crippen molar-refractivity contribution >= 4 is 11.9 Å². The Bertz CT molecular complexity index is 425. The molecule has 0 aromatic heterocycles. The number of aliphatic hydroxyl groups excluding tert-OH is 2. The van der Waals surface area contributed by atoms with Gasteiger partial charge in [-0.25, -0.2) is 0 Å². The second-order valence-electron chi connectivity index (χ2n) is 3.85. The van der Waals surface area contributed by atoms with E-state index in [2.05, 4.69) is 0 Å².